The lowest BCUT2D eigenvalue weighted by Crippen LogP contribution is -2.25. The number of hydrogen-bond acceptors (Lipinski definition) is 5. The largest absolute Gasteiger partial charge is 0.451 e. The van der Waals surface area contributed by atoms with Gasteiger partial charge in [0.15, 0.2) is 6.10 Å². The van der Waals surface area contributed by atoms with Crippen molar-refractivity contribution in [2.24, 2.45) is 5.14 Å². The van der Waals surface area contributed by atoms with E-state index in [0.29, 0.717) is 5.56 Å². The molecule has 0 unspecified atom stereocenters. The molecule has 0 saturated heterocycles. The zero-order valence-corrected chi connectivity index (χ0v) is 14.3. The number of carbonyl (C=O) groups is 2. The van der Waals surface area contributed by atoms with Crippen molar-refractivity contribution >= 4 is 21.8 Å². The van der Waals surface area contributed by atoms with Crippen LogP contribution in [0.3, 0.4) is 0 Å². The molecule has 0 amide bonds. The Kier molecular flexibility index (Phi) is 5.34. The van der Waals surface area contributed by atoms with Gasteiger partial charge in [0.25, 0.3) is 0 Å². The highest BCUT2D eigenvalue weighted by Gasteiger charge is 2.23. The van der Waals surface area contributed by atoms with E-state index in [-0.39, 0.29) is 0 Å². The molecule has 0 aliphatic rings. The summed E-state index contributed by atoms with van der Waals surface area (Å²) in [6.07, 6.45) is -1.17. The monoisotopic (exact) mass is 365 g/mol. The molecule has 0 aliphatic carbocycles. The molecule has 0 fully saturated rings. The van der Waals surface area contributed by atoms with Crippen molar-refractivity contribution < 1.29 is 27.1 Å². The molecule has 8 heteroatoms. The Labute approximate surface area is 144 Å². The SMILES string of the molecule is Cc1ccc(C(=O)[C@@H](C)OC(=O)c2cc(S(N)(=O)=O)ccc2F)cc1. The van der Waals surface area contributed by atoms with Crippen LogP contribution in [0.15, 0.2) is 47.4 Å². The summed E-state index contributed by atoms with van der Waals surface area (Å²) in [5, 5.41) is 4.96. The van der Waals surface area contributed by atoms with E-state index in [4.69, 9.17) is 9.88 Å². The predicted molar refractivity (Wildman–Crippen MR) is 88.2 cm³/mol. The number of esters is 1. The summed E-state index contributed by atoms with van der Waals surface area (Å²) < 4.78 is 41.4. The molecule has 2 rings (SSSR count). The Morgan fingerprint density at radius 2 is 1.72 bits per heavy atom. The summed E-state index contributed by atoms with van der Waals surface area (Å²) in [6.45, 7) is 3.21. The van der Waals surface area contributed by atoms with Crippen molar-refractivity contribution in [1.82, 2.24) is 0 Å². The fourth-order valence-electron chi connectivity index (χ4n) is 2.07. The molecule has 2 N–H and O–H groups in total. The minimum Gasteiger partial charge on any atom is -0.451 e. The number of sulfonamides is 1. The highest BCUT2D eigenvalue weighted by Crippen LogP contribution is 2.17. The molecule has 132 valence electrons. The highest BCUT2D eigenvalue weighted by molar-refractivity contribution is 7.89. The molecule has 0 aliphatic heterocycles. The normalized spacial score (nSPS) is 12.5. The molecule has 2 aromatic rings. The molecule has 2 aromatic carbocycles. The lowest BCUT2D eigenvalue weighted by molar-refractivity contribution is 0.0314. The number of rotatable bonds is 5. The second kappa shape index (κ2) is 7.12. The Balaban J connectivity index is 2.21. The molecule has 25 heavy (non-hydrogen) atoms. The minimum absolute atomic E-state index is 0.338. The molecule has 0 aromatic heterocycles. The molecule has 0 saturated carbocycles. The van der Waals surface area contributed by atoms with Crippen LogP contribution in [-0.4, -0.2) is 26.3 Å². The van der Waals surface area contributed by atoms with Gasteiger partial charge in [-0.2, -0.15) is 0 Å². The molecular formula is C17H16FNO5S. The van der Waals surface area contributed by atoms with Crippen molar-refractivity contribution in [3.63, 3.8) is 0 Å². The van der Waals surface area contributed by atoms with Gasteiger partial charge in [-0.25, -0.2) is 22.7 Å². The van der Waals surface area contributed by atoms with Crippen LogP contribution < -0.4 is 5.14 Å². The maximum Gasteiger partial charge on any atom is 0.341 e. The summed E-state index contributed by atoms with van der Waals surface area (Å²) >= 11 is 0. The molecule has 0 spiro atoms. The maximum atomic E-state index is 13.8. The molecule has 0 radical (unpaired) electrons. The van der Waals surface area contributed by atoms with E-state index < -0.39 is 44.2 Å². The smallest absolute Gasteiger partial charge is 0.341 e. The van der Waals surface area contributed by atoms with Crippen LogP contribution in [0.25, 0.3) is 0 Å². The standard InChI is InChI=1S/C17H16FNO5S/c1-10-3-5-12(6-4-10)16(20)11(2)24-17(21)14-9-13(25(19,22)23)7-8-15(14)18/h3-9,11H,1-2H3,(H2,19,22,23)/t11-/m1/s1. The Morgan fingerprint density at radius 1 is 1.12 bits per heavy atom. The van der Waals surface area contributed by atoms with Gasteiger partial charge in [0.2, 0.25) is 15.8 Å². The van der Waals surface area contributed by atoms with E-state index in [0.717, 1.165) is 23.8 Å². The topological polar surface area (TPSA) is 104 Å². The van der Waals surface area contributed by atoms with Crippen LogP contribution in [0.5, 0.6) is 0 Å². The second-order valence-electron chi connectivity index (χ2n) is 5.46. The average molecular weight is 365 g/mol. The summed E-state index contributed by atoms with van der Waals surface area (Å²) in [5.74, 6) is -2.60. The third-order valence-corrected chi connectivity index (χ3v) is 4.39. The quantitative estimate of drug-likeness (QED) is 0.646. The van der Waals surface area contributed by atoms with Gasteiger partial charge < -0.3 is 4.74 Å². The third kappa shape index (κ3) is 4.49. The van der Waals surface area contributed by atoms with Crippen molar-refractivity contribution in [3.8, 4) is 0 Å². The van der Waals surface area contributed by atoms with E-state index in [1.807, 2.05) is 6.92 Å². The van der Waals surface area contributed by atoms with Crippen LogP contribution >= 0.6 is 0 Å². The number of primary sulfonamides is 1. The second-order valence-corrected chi connectivity index (χ2v) is 7.03. The van der Waals surface area contributed by atoms with E-state index in [1.165, 1.54) is 6.92 Å². The predicted octanol–water partition coefficient (Wildman–Crippen LogP) is 2.21. The van der Waals surface area contributed by atoms with Gasteiger partial charge in [-0.05, 0) is 32.0 Å². The lowest BCUT2D eigenvalue weighted by atomic mass is 10.1. The molecule has 0 heterocycles. The summed E-state index contributed by atoms with van der Waals surface area (Å²) in [6, 6.07) is 9.14. The third-order valence-electron chi connectivity index (χ3n) is 3.48. The Bertz CT molecular complexity index is 923. The number of halogens is 1. The molecule has 0 bridgehead atoms. The van der Waals surface area contributed by atoms with Crippen molar-refractivity contribution in [1.29, 1.82) is 0 Å². The van der Waals surface area contributed by atoms with Gasteiger partial charge in [-0.3, -0.25) is 4.79 Å². The first-order chi connectivity index (χ1) is 11.6. The van der Waals surface area contributed by atoms with Crippen LogP contribution in [0.1, 0.15) is 33.2 Å². The number of hydrogen-bond donors (Lipinski definition) is 1. The van der Waals surface area contributed by atoms with Gasteiger partial charge in [-0.15, -0.1) is 0 Å². The van der Waals surface area contributed by atoms with Crippen molar-refractivity contribution in [2.75, 3.05) is 0 Å². The maximum absolute atomic E-state index is 13.8. The highest BCUT2D eigenvalue weighted by atomic mass is 32.2. The number of aryl methyl sites for hydroxylation is 1. The number of ether oxygens (including phenoxy) is 1. The van der Waals surface area contributed by atoms with E-state index in [9.17, 15) is 22.4 Å². The zero-order valence-electron chi connectivity index (χ0n) is 13.5. The zero-order chi connectivity index (χ0) is 18.8. The fourth-order valence-corrected chi connectivity index (χ4v) is 2.61. The van der Waals surface area contributed by atoms with E-state index >= 15 is 0 Å². The molecular weight excluding hydrogens is 349 g/mol. The number of Topliss-reactive ketones (excluding diaryl/α,β-unsaturated/α-hetero) is 1. The van der Waals surface area contributed by atoms with Gasteiger partial charge >= 0.3 is 5.97 Å². The van der Waals surface area contributed by atoms with E-state index in [2.05, 4.69) is 0 Å². The van der Waals surface area contributed by atoms with Gasteiger partial charge in [-0.1, -0.05) is 29.8 Å². The Morgan fingerprint density at radius 3 is 2.28 bits per heavy atom. The van der Waals surface area contributed by atoms with Crippen LogP contribution in [0.2, 0.25) is 0 Å². The van der Waals surface area contributed by atoms with Crippen LogP contribution in [0, 0.1) is 12.7 Å². The number of ketones is 1. The average Bonchev–Trinajstić information content (AvgIpc) is 2.54. The molecule has 1 atom stereocenters. The minimum atomic E-state index is -4.11. The fraction of sp³-hybridized carbons (Fsp3) is 0.176. The Hall–Kier alpha value is -2.58. The lowest BCUT2D eigenvalue weighted by Gasteiger charge is -2.13. The van der Waals surface area contributed by atoms with Gasteiger partial charge in [0, 0.05) is 5.56 Å². The number of benzene rings is 2. The van der Waals surface area contributed by atoms with Gasteiger partial charge in [0.1, 0.15) is 5.82 Å². The van der Waals surface area contributed by atoms with Crippen molar-refractivity contribution in [3.05, 3.63) is 65.0 Å². The van der Waals surface area contributed by atoms with Crippen LogP contribution in [0.4, 0.5) is 4.39 Å². The van der Waals surface area contributed by atoms with Crippen molar-refractivity contribution in [2.45, 2.75) is 24.8 Å². The summed E-state index contributed by atoms with van der Waals surface area (Å²) in [4.78, 5) is 23.9. The first-order valence-corrected chi connectivity index (χ1v) is 8.78. The summed E-state index contributed by atoms with van der Waals surface area (Å²) in [7, 11) is -4.11. The number of carbonyl (C=O) groups excluding carboxylic acids is 2. The molecule has 6 nitrogen and oxygen atoms in total. The summed E-state index contributed by atoms with van der Waals surface area (Å²) in [5.41, 5.74) is 0.683. The van der Waals surface area contributed by atoms with Crippen LogP contribution in [-0.2, 0) is 14.8 Å². The number of nitrogens with two attached hydrogens (primary N) is 1. The van der Waals surface area contributed by atoms with E-state index in [1.54, 1.807) is 24.3 Å². The first kappa shape index (κ1) is 18.8. The first-order valence-electron chi connectivity index (χ1n) is 7.24. The van der Waals surface area contributed by atoms with Gasteiger partial charge in [0.05, 0.1) is 10.5 Å².